The highest BCUT2D eigenvalue weighted by Gasteiger charge is 2.60. The molecule has 0 bridgehead atoms. The van der Waals surface area contributed by atoms with E-state index in [9.17, 15) is 27.9 Å². The molecule has 3 aliphatic rings. The molecule has 2 N–H and O–H groups in total. The van der Waals surface area contributed by atoms with Gasteiger partial charge in [0.15, 0.2) is 0 Å². The van der Waals surface area contributed by atoms with Crippen LogP contribution in [0.1, 0.15) is 42.1 Å². The normalized spacial score (nSPS) is 22.8. The number of fused-ring (bicyclic) bond motifs is 1. The highest BCUT2D eigenvalue weighted by Crippen LogP contribution is 2.48. The molecule has 1 spiro atoms. The van der Waals surface area contributed by atoms with E-state index < -0.39 is 23.7 Å². The minimum absolute atomic E-state index is 0.0241. The molecule has 12 heteroatoms. The number of piperidine rings is 1. The maximum atomic E-state index is 13.9. The number of anilines is 1. The Bertz CT molecular complexity index is 1160. The van der Waals surface area contributed by atoms with Crippen molar-refractivity contribution in [1.82, 2.24) is 20.1 Å². The molecule has 8 nitrogen and oxygen atoms in total. The quantitative estimate of drug-likeness (QED) is 0.651. The van der Waals surface area contributed by atoms with Crippen LogP contribution < -0.4 is 10.2 Å². The van der Waals surface area contributed by atoms with Gasteiger partial charge in [0.25, 0.3) is 5.91 Å². The standard InChI is InChI=1S/C23H28F3N5O3S/c1-3-31-16(9-22(31)11-30(12-22)21(33)34)13-4-6-29(7-5-13)17-8-15(23(24,25)26)19-18(28-17)14(10-35-19)20(32)27-2/h8,10,13,16H,3-7,9,11-12H2,1-2H3,(H,27,32)(H,33,34). The van der Waals surface area contributed by atoms with E-state index in [2.05, 4.69) is 22.1 Å². The number of likely N-dealkylation sites (tertiary alicyclic amines) is 2. The summed E-state index contributed by atoms with van der Waals surface area (Å²) >= 11 is 0.886. The molecule has 0 radical (unpaired) electrons. The summed E-state index contributed by atoms with van der Waals surface area (Å²) in [6, 6.07) is 1.48. The molecule has 5 rings (SSSR count). The van der Waals surface area contributed by atoms with E-state index in [0.717, 1.165) is 43.2 Å². The zero-order chi connectivity index (χ0) is 25.1. The monoisotopic (exact) mass is 511 g/mol. The smallest absolute Gasteiger partial charge is 0.417 e. The fourth-order valence-corrected chi connectivity index (χ4v) is 7.16. The minimum Gasteiger partial charge on any atom is -0.465 e. The number of thiophene rings is 1. The first-order chi connectivity index (χ1) is 16.6. The van der Waals surface area contributed by atoms with Crippen molar-refractivity contribution < 1.29 is 27.9 Å². The number of hydrogen-bond donors (Lipinski definition) is 2. The number of nitrogens with one attached hydrogen (secondary N) is 1. The summed E-state index contributed by atoms with van der Waals surface area (Å²) in [5.41, 5.74) is -0.555. The number of amides is 2. The van der Waals surface area contributed by atoms with Crippen molar-refractivity contribution in [2.45, 2.75) is 43.9 Å². The largest absolute Gasteiger partial charge is 0.465 e. The van der Waals surface area contributed by atoms with Crippen LogP contribution in [0.2, 0.25) is 0 Å². The lowest BCUT2D eigenvalue weighted by atomic mass is 9.67. The molecule has 1 unspecified atom stereocenters. The van der Waals surface area contributed by atoms with Crippen molar-refractivity contribution in [1.29, 1.82) is 0 Å². The van der Waals surface area contributed by atoms with E-state index >= 15 is 0 Å². The average Bonchev–Trinajstić information content (AvgIpc) is 3.20. The molecular weight excluding hydrogens is 483 g/mol. The number of pyridine rings is 1. The van der Waals surface area contributed by atoms with Crippen LogP contribution in [0.4, 0.5) is 23.8 Å². The summed E-state index contributed by atoms with van der Waals surface area (Å²) in [6.45, 7) is 5.21. The zero-order valence-electron chi connectivity index (χ0n) is 19.6. The molecule has 3 saturated heterocycles. The van der Waals surface area contributed by atoms with Gasteiger partial charge in [-0.15, -0.1) is 11.3 Å². The summed E-state index contributed by atoms with van der Waals surface area (Å²) in [5.74, 6) is 0.202. The third kappa shape index (κ3) is 3.90. The number of aromatic nitrogens is 1. The van der Waals surface area contributed by atoms with Gasteiger partial charge < -0.3 is 20.2 Å². The molecular formula is C23H28F3N5O3S. The number of carboxylic acid groups (broad SMARTS) is 1. The Morgan fingerprint density at radius 1 is 1.29 bits per heavy atom. The molecule has 190 valence electrons. The summed E-state index contributed by atoms with van der Waals surface area (Å²) in [4.78, 5) is 33.7. The van der Waals surface area contributed by atoms with Crippen molar-refractivity contribution in [2.75, 3.05) is 44.7 Å². The van der Waals surface area contributed by atoms with E-state index in [4.69, 9.17) is 0 Å². The number of nitrogens with zero attached hydrogens (tertiary/aromatic N) is 4. The Morgan fingerprint density at radius 3 is 2.54 bits per heavy atom. The number of likely N-dealkylation sites (N-methyl/N-ethyl adjacent to an activating group) is 1. The van der Waals surface area contributed by atoms with Crippen LogP contribution in [0.25, 0.3) is 10.2 Å². The van der Waals surface area contributed by atoms with Gasteiger partial charge in [-0.2, -0.15) is 13.2 Å². The van der Waals surface area contributed by atoms with Gasteiger partial charge in [-0.1, -0.05) is 6.92 Å². The minimum atomic E-state index is -4.55. The first kappa shape index (κ1) is 24.1. The van der Waals surface area contributed by atoms with E-state index in [0.29, 0.717) is 38.1 Å². The molecule has 1 atom stereocenters. The lowest BCUT2D eigenvalue weighted by Gasteiger charge is -2.67. The van der Waals surface area contributed by atoms with Crippen LogP contribution in [0.3, 0.4) is 0 Å². The molecule has 0 aliphatic carbocycles. The lowest BCUT2D eigenvalue weighted by molar-refractivity contribution is -0.165. The molecule has 0 saturated carbocycles. The van der Waals surface area contributed by atoms with Crippen LogP contribution in [-0.4, -0.2) is 83.2 Å². The third-order valence-corrected chi connectivity index (χ3v) is 8.88. The zero-order valence-corrected chi connectivity index (χ0v) is 20.4. The second kappa shape index (κ2) is 8.51. The first-order valence-corrected chi connectivity index (χ1v) is 12.7. The number of carbonyl (C=O) groups excluding carboxylic acids is 1. The highest BCUT2D eigenvalue weighted by atomic mass is 32.1. The Hall–Kier alpha value is -2.60. The third-order valence-electron chi connectivity index (χ3n) is 7.87. The molecule has 5 heterocycles. The predicted molar refractivity (Wildman–Crippen MR) is 126 cm³/mol. The van der Waals surface area contributed by atoms with Crippen molar-refractivity contribution in [2.24, 2.45) is 5.92 Å². The number of carbonyl (C=O) groups is 2. The molecule has 2 aromatic rings. The fraction of sp³-hybridized carbons (Fsp3) is 0.609. The maximum absolute atomic E-state index is 13.9. The van der Waals surface area contributed by atoms with Crippen LogP contribution in [0.15, 0.2) is 11.4 Å². The van der Waals surface area contributed by atoms with E-state index in [1.807, 2.05) is 4.90 Å². The van der Waals surface area contributed by atoms with E-state index in [-0.39, 0.29) is 27.1 Å². The molecule has 2 amide bonds. The van der Waals surface area contributed by atoms with Crippen molar-refractivity contribution >= 4 is 39.4 Å². The maximum Gasteiger partial charge on any atom is 0.417 e. The van der Waals surface area contributed by atoms with E-state index in [1.54, 1.807) is 0 Å². The second-order valence-corrected chi connectivity index (χ2v) is 10.6. The molecule has 35 heavy (non-hydrogen) atoms. The highest BCUT2D eigenvalue weighted by molar-refractivity contribution is 7.17. The number of halogens is 3. The number of rotatable bonds is 4. The molecule has 0 aromatic carbocycles. The van der Waals surface area contributed by atoms with Gasteiger partial charge >= 0.3 is 12.3 Å². The SMILES string of the molecule is CCN1C(C2CCN(c3cc(C(F)(F)F)c4scc(C(=O)NC)c4n3)CC2)CC12CN(C(=O)O)C2. The van der Waals surface area contributed by atoms with Gasteiger partial charge in [0.2, 0.25) is 0 Å². The van der Waals surface area contributed by atoms with E-state index in [1.165, 1.54) is 17.3 Å². The molecule has 3 fully saturated rings. The van der Waals surface area contributed by atoms with Gasteiger partial charge in [0.1, 0.15) is 5.82 Å². The summed E-state index contributed by atoms with van der Waals surface area (Å²) in [5, 5.41) is 13.1. The Balaban J connectivity index is 1.32. The lowest BCUT2D eigenvalue weighted by Crippen LogP contribution is -2.81. The summed E-state index contributed by atoms with van der Waals surface area (Å²) in [6.07, 6.45) is -2.81. The van der Waals surface area contributed by atoms with Crippen LogP contribution >= 0.6 is 11.3 Å². The van der Waals surface area contributed by atoms with Crippen LogP contribution in [0, 0.1) is 5.92 Å². The second-order valence-electron chi connectivity index (χ2n) is 9.68. The fourth-order valence-electron chi connectivity index (χ4n) is 6.13. The molecule has 3 aliphatic heterocycles. The van der Waals surface area contributed by atoms with Gasteiger partial charge in [0.05, 0.1) is 26.9 Å². The number of alkyl halides is 3. The van der Waals surface area contributed by atoms with Crippen molar-refractivity contribution in [3.05, 3.63) is 22.6 Å². The predicted octanol–water partition coefficient (Wildman–Crippen LogP) is 3.72. The number of hydrogen-bond acceptors (Lipinski definition) is 6. The Kier molecular flexibility index (Phi) is 5.86. The van der Waals surface area contributed by atoms with Gasteiger partial charge in [-0.3, -0.25) is 9.69 Å². The van der Waals surface area contributed by atoms with Gasteiger partial charge in [-0.25, -0.2) is 9.78 Å². The first-order valence-electron chi connectivity index (χ1n) is 11.8. The topological polar surface area (TPSA) is 89.0 Å². The summed E-state index contributed by atoms with van der Waals surface area (Å²) < 4.78 is 41.6. The van der Waals surface area contributed by atoms with Crippen molar-refractivity contribution in [3.8, 4) is 0 Å². The molecule has 2 aromatic heterocycles. The van der Waals surface area contributed by atoms with Crippen LogP contribution in [-0.2, 0) is 6.18 Å². The Morgan fingerprint density at radius 2 is 1.97 bits per heavy atom. The Labute approximate surface area is 204 Å². The van der Waals surface area contributed by atoms with Gasteiger partial charge in [-0.05, 0) is 37.8 Å². The van der Waals surface area contributed by atoms with Gasteiger partial charge in [0, 0.05) is 44.6 Å². The summed E-state index contributed by atoms with van der Waals surface area (Å²) in [7, 11) is 1.44. The van der Waals surface area contributed by atoms with Crippen molar-refractivity contribution in [3.63, 3.8) is 0 Å². The van der Waals surface area contributed by atoms with Crippen LogP contribution in [0.5, 0.6) is 0 Å². The average molecular weight is 512 g/mol.